The number of nitrogens with zero attached hydrogens (tertiary/aromatic N) is 6. The average Bonchev–Trinajstić information content (AvgIpc) is 3.18. The summed E-state index contributed by atoms with van der Waals surface area (Å²) in [5, 5.41) is 16.5. The summed E-state index contributed by atoms with van der Waals surface area (Å²) in [7, 11) is 0. The summed E-state index contributed by atoms with van der Waals surface area (Å²) in [6, 6.07) is 7.97. The Balaban J connectivity index is 1.87. The van der Waals surface area contributed by atoms with Crippen molar-refractivity contribution in [3.05, 3.63) is 36.7 Å². The fourth-order valence-electron chi connectivity index (χ4n) is 2.18. The van der Waals surface area contributed by atoms with Gasteiger partial charge in [-0.25, -0.2) is 0 Å². The molecule has 0 amide bonds. The van der Waals surface area contributed by atoms with Gasteiger partial charge in [0.25, 0.3) is 0 Å². The van der Waals surface area contributed by atoms with Gasteiger partial charge in [0, 0.05) is 24.2 Å². The third kappa shape index (κ3) is 3.02. The molecular formula is C14H18N8. The summed E-state index contributed by atoms with van der Waals surface area (Å²) in [6.45, 7) is 2.38. The summed E-state index contributed by atoms with van der Waals surface area (Å²) in [5.41, 5.74) is 14.6. The third-order valence-corrected chi connectivity index (χ3v) is 3.25. The van der Waals surface area contributed by atoms with E-state index in [2.05, 4.69) is 20.6 Å². The lowest BCUT2D eigenvalue weighted by Gasteiger charge is -2.00. The summed E-state index contributed by atoms with van der Waals surface area (Å²) in [5.74, 6) is 0. The molecular weight excluding hydrogens is 280 g/mol. The molecule has 4 N–H and O–H groups in total. The highest BCUT2D eigenvalue weighted by molar-refractivity contribution is 5.68. The molecule has 0 saturated carbocycles. The Morgan fingerprint density at radius 3 is 1.77 bits per heavy atom. The lowest BCUT2D eigenvalue weighted by molar-refractivity contribution is 0.598. The van der Waals surface area contributed by atoms with Crippen molar-refractivity contribution in [3.8, 4) is 22.5 Å². The first-order chi connectivity index (χ1) is 10.8. The maximum Gasteiger partial charge on any atom is 0.113 e. The molecule has 8 nitrogen and oxygen atoms in total. The minimum Gasteiger partial charge on any atom is -0.329 e. The van der Waals surface area contributed by atoms with Crippen molar-refractivity contribution in [1.82, 2.24) is 30.0 Å². The number of aromatic nitrogens is 6. The summed E-state index contributed by atoms with van der Waals surface area (Å²) >= 11 is 0. The fourth-order valence-corrected chi connectivity index (χ4v) is 2.18. The second-order valence-corrected chi connectivity index (χ2v) is 4.89. The van der Waals surface area contributed by atoms with Gasteiger partial charge in [-0.2, -0.15) is 0 Å². The molecule has 0 bridgehead atoms. The summed E-state index contributed by atoms with van der Waals surface area (Å²) in [4.78, 5) is 0. The highest BCUT2D eigenvalue weighted by Gasteiger charge is 2.08. The van der Waals surface area contributed by atoms with Gasteiger partial charge in [-0.1, -0.05) is 28.6 Å². The van der Waals surface area contributed by atoms with Crippen LogP contribution in [-0.4, -0.2) is 43.1 Å². The third-order valence-electron chi connectivity index (χ3n) is 3.25. The van der Waals surface area contributed by atoms with Crippen molar-refractivity contribution < 1.29 is 0 Å². The molecule has 1 aromatic carbocycles. The Morgan fingerprint density at radius 2 is 1.32 bits per heavy atom. The van der Waals surface area contributed by atoms with Crippen LogP contribution in [0.2, 0.25) is 0 Å². The van der Waals surface area contributed by atoms with E-state index < -0.39 is 0 Å². The van der Waals surface area contributed by atoms with Gasteiger partial charge in [0.1, 0.15) is 11.4 Å². The molecule has 114 valence electrons. The van der Waals surface area contributed by atoms with Crippen molar-refractivity contribution in [3.63, 3.8) is 0 Å². The second kappa shape index (κ2) is 6.46. The molecule has 0 radical (unpaired) electrons. The first-order valence-corrected chi connectivity index (χ1v) is 7.11. The summed E-state index contributed by atoms with van der Waals surface area (Å²) < 4.78 is 3.47. The van der Waals surface area contributed by atoms with Crippen LogP contribution in [0, 0.1) is 0 Å². The molecule has 2 aromatic heterocycles. The van der Waals surface area contributed by atoms with Gasteiger partial charge in [-0.15, -0.1) is 10.2 Å². The maximum atomic E-state index is 5.52. The molecule has 0 fully saturated rings. The van der Waals surface area contributed by atoms with Crippen LogP contribution in [0.4, 0.5) is 0 Å². The molecule has 8 heteroatoms. The SMILES string of the molecule is NCCn1cc(-c2cccc(-c3cn(CCN)nn3)c2)nn1. The Morgan fingerprint density at radius 1 is 0.818 bits per heavy atom. The molecule has 0 saturated heterocycles. The van der Waals surface area contributed by atoms with E-state index in [1.54, 1.807) is 9.36 Å². The van der Waals surface area contributed by atoms with E-state index in [-0.39, 0.29) is 0 Å². The molecule has 3 aromatic rings. The molecule has 2 heterocycles. The van der Waals surface area contributed by atoms with E-state index in [0.29, 0.717) is 26.2 Å². The van der Waals surface area contributed by atoms with E-state index in [9.17, 15) is 0 Å². The molecule has 22 heavy (non-hydrogen) atoms. The normalized spacial score (nSPS) is 11.0. The van der Waals surface area contributed by atoms with Gasteiger partial charge >= 0.3 is 0 Å². The fraction of sp³-hybridized carbons (Fsp3) is 0.286. The topological polar surface area (TPSA) is 113 Å². The van der Waals surface area contributed by atoms with Crippen molar-refractivity contribution in [2.75, 3.05) is 13.1 Å². The van der Waals surface area contributed by atoms with Crippen LogP contribution in [0.15, 0.2) is 36.7 Å². The Kier molecular flexibility index (Phi) is 4.22. The van der Waals surface area contributed by atoms with Crippen LogP contribution in [0.3, 0.4) is 0 Å². The van der Waals surface area contributed by atoms with Crippen LogP contribution >= 0.6 is 0 Å². The minimum atomic E-state index is 0.535. The zero-order valence-corrected chi connectivity index (χ0v) is 12.1. The molecule has 0 spiro atoms. The van der Waals surface area contributed by atoms with Gasteiger partial charge in [0.2, 0.25) is 0 Å². The van der Waals surface area contributed by atoms with Gasteiger partial charge in [0.05, 0.1) is 25.5 Å². The zero-order chi connectivity index (χ0) is 15.4. The van der Waals surface area contributed by atoms with Gasteiger partial charge in [-0.3, -0.25) is 9.36 Å². The van der Waals surface area contributed by atoms with Crippen molar-refractivity contribution in [2.45, 2.75) is 13.1 Å². The Bertz CT molecular complexity index is 685. The van der Waals surface area contributed by atoms with Crippen LogP contribution < -0.4 is 11.5 Å². The predicted octanol–water partition coefficient (Wildman–Crippen LogP) is 0.121. The van der Waals surface area contributed by atoms with Crippen LogP contribution in [0.5, 0.6) is 0 Å². The van der Waals surface area contributed by atoms with E-state index >= 15 is 0 Å². The standard InChI is InChI=1S/C14H18N8/c15-4-6-21-9-13(17-19-21)11-2-1-3-12(8-11)14-10-22(7-5-16)20-18-14/h1-3,8-10H,4-7,15-16H2. The lowest BCUT2D eigenvalue weighted by Crippen LogP contribution is -2.10. The van der Waals surface area contributed by atoms with Gasteiger partial charge < -0.3 is 11.5 Å². The molecule has 0 aliphatic rings. The smallest absolute Gasteiger partial charge is 0.113 e. The molecule has 0 aliphatic carbocycles. The van der Waals surface area contributed by atoms with E-state index in [4.69, 9.17) is 11.5 Å². The minimum absolute atomic E-state index is 0.535. The molecule has 3 rings (SSSR count). The first kappa shape index (κ1) is 14.4. The van der Waals surface area contributed by atoms with Crippen molar-refractivity contribution in [1.29, 1.82) is 0 Å². The Labute approximate surface area is 127 Å². The number of nitrogens with two attached hydrogens (primary N) is 2. The Hall–Kier alpha value is -2.58. The molecule has 0 aliphatic heterocycles. The zero-order valence-electron chi connectivity index (χ0n) is 12.1. The van der Waals surface area contributed by atoms with Crippen LogP contribution in [0.25, 0.3) is 22.5 Å². The second-order valence-electron chi connectivity index (χ2n) is 4.89. The largest absolute Gasteiger partial charge is 0.329 e. The van der Waals surface area contributed by atoms with Crippen molar-refractivity contribution in [2.24, 2.45) is 11.5 Å². The number of rotatable bonds is 6. The molecule has 0 atom stereocenters. The van der Waals surface area contributed by atoms with E-state index in [1.165, 1.54) is 0 Å². The monoisotopic (exact) mass is 298 g/mol. The van der Waals surface area contributed by atoms with Crippen molar-refractivity contribution >= 4 is 0 Å². The van der Waals surface area contributed by atoms with Crippen LogP contribution in [0.1, 0.15) is 0 Å². The van der Waals surface area contributed by atoms with Gasteiger partial charge in [-0.05, 0) is 6.07 Å². The lowest BCUT2D eigenvalue weighted by atomic mass is 10.1. The predicted molar refractivity (Wildman–Crippen MR) is 82.6 cm³/mol. The first-order valence-electron chi connectivity index (χ1n) is 7.11. The highest BCUT2D eigenvalue weighted by atomic mass is 15.4. The number of hydrogen-bond donors (Lipinski definition) is 2. The average molecular weight is 298 g/mol. The highest BCUT2D eigenvalue weighted by Crippen LogP contribution is 2.23. The number of hydrogen-bond acceptors (Lipinski definition) is 6. The van der Waals surface area contributed by atoms with E-state index in [1.807, 2.05) is 36.7 Å². The summed E-state index contributed by atoms with van der Waals surface area (Å²) in [6.07, 6.45) is 3.77. The quantitative estimate of drug-likeness (QED) is 0.668. The van der Waals surface area contributed by atoms with E-state index in [0.717, 1.165) is 22.5 Å². The number of benzene rings is 1. The maximum absolute atomic E-state index is 5.52. The van der Waals surface area contributed by atoms with Gasteiger partial charge in [0.15, 0.2) is 0 Å². The van der Waals surface area contributed by atoms with Crippen LogP contribution in [-0.2, 0) is 13.1 Å². The molecule has 0 unspecified atom stereocenters.